The Balaban J connectivity index is 1.66. The SMILES string of the molecule is C=c1nccc2c1=C(Nc1ccc(C(F)(F)F)cc1)N=C(N1CCC([N+](=O)[O-])CC1)N2. The van der Waals surface area contributed by atoms with Crippen LogP contribution in [0.3, 0.4) is 0 Å². The molecule has 0 aliphatic carbocycles. The summed E-state index contributed by atoms with van der Waals surface area (Å²) < 4.78 is 38.5. The number of nitro groups is 1. The van der Waals surface area contributed by atoms with Crippen LogP contribution in [0.2, 0.25) is 0 Å². The van der Waals surface area contributed by atoms with Gasteiger partial charge in [-0.15, -0.1) is 0 Å². The summed E-state index contributed by atoms with van der Waals surface area (Å²) >= 11 is 0. The molecule has 11 heteroatoms. The normalized spacial score (nSPS) is 16.9. The molecule has 1 fully saturated rings. The summed E-state index contributed by atoms with van der Waals surface area (Å²) in [5.74, 6) is 0.896. The van der Waals surface area contributed by atoms with Gasteiger partial charge in [0, 0.05) is 42.7 Å². The third kappa shape index (κ3) is 4.30. The molecular formula is C20H19F3N6O2. The van der Waals surface area contributed by atoms with Crippen LogP contribution in [-0.2, 0) is 6.18 Å². The summed E-state index contributed by atoms with van der Waals surface area (Å²) in [7, 11) is 0. The number of fused-ring (bicyclic) bond motifs is 1. The highest BCUT2D eigenvalue weighted by Gasteiger charge is 2.31. The van der Waals surface area contributed by atoms with Gasteiger partial charge in [-0.3, -0.25) is 15.1 Å². The van der Waals surface area contributed by atoms with Crippen molar-refractivity contribution in [2.75, 3.05) is 23.7 Å². The van der Waals surface area contributed by atoms with Crippen molar-refractivity contribution in [1.29, 1.82) is 0 Å². The lowest BCUT2D eigenvalue weighted by Crippen LogP contribution is -2.48. The summed E-state index contributed by atoms with van der Waals surface area (Å²) in [6.07, 6.45) is -2.03. The highest BCUT2D eigenvalue weighted by atomic mass is 19.4. The lowest BCUT2D eigenvalue weighted by Gasteiger charge is -2.32. The van der Waals surface area contributed by atoms with Crippen LogP contribution in [0.25, 0.3) is 12.4 Å². The number of nitrogens with one attached hydrogen (secondary N) is 2. The number of hydrogen-bond donors (Lipinski definition) is 2. The molecule has 0 bridgehead atoms. The number of guanidine groups is 1. The Bertz CT molecular complexity index is 1140. The summed E-state index contributed by atoms with van der Waals surface area (Å²) in [5, 5.41) is 18.4. The number of anilines is 2. The zero-order chi connectivity index (χ0) is 22.2. The highest BCUT2D eigenvalue weighted by Crippen LogP contribution is 2.30. The molecule has 0 unspecified atom stereocenters. The summed E-state index contributed by atoms with van der Waals surface area (Å²) in [5.41, 5.74) is 0.371. The van der Waals surface area contributed by atoms with Crippen LogP contribution in [0.15, 0.2) is 41.5 Å². The topological polar surface area (TPSA) is 95.7 Å². The maximum Gasteiger partial charge on any atom is 0.416 e. The van der Waals surface area contributed by atoms with E-state index < -0.39 is 17.8 Å². The molecule has 2 N–H and O–H groups in total. The van der Waals surface area contributed by atoms with Gasteiger partial charge in [-0.1, -0.05) is 6.58 Å². The standard InChI is InChI=1S/C20H19F3N6O2/c1-12-17-16(6-9-24-12)26-19(28-10-7-15(8-11-28)29(30)31)27-18(17)25-14-4-2-13(3-5-14)20(21,22)23/h2-6,9,15,25H,1,7-8,10-11H2,(H,26,27). The Morgan fingerprint density at radius 3 is 2.48 bits per heavy atom. The van der Waals surface area contributed by atoms with Crippen LogP contribution in [0, 0.1) is 10.1 Å². The first-order valence-electron chi connectivity index (χ1n) is 9.59. The molecule has 0 spiro atoms. The largest absolute Gasteiger partial charge is 0.416 e. The van der Waals surface area contributed by atoms with Gasteiger partial charge in [-0.05, 0) is 30.3 Å². The number of aromatic nitrogens is 1. The van der Waals surface area contributed by atoms with Crippen molar-refractivity contribution in [2.24, 2.45) is 4.99 Å². The van der Waals surface area contributed by atoms with Gasteiger partial charge in [0.15, 0.2) is 0 Å². The van der Waals surface area contributed by atoms with Crippen LogP contribution < -0.4 is 21.2 Å². The van der Waals surface area contributed by atoms with Crippen molar-refractivity contribution < 1.29 is 18.1 Å². The first-order valence-corrected chi connectivity index (χ1v) is 9.59. The Morgan fingerprint density at radius 2 is 1.87 bits per heavy atom. The van der Waals surface area contributed by atoms with Gasteiger partial charge in [0.2, 0.25) is 12.0 Å². The number of rotatable bonds is 3. The Labute approximate surface area is 175 Å². The fourth-order valence-corrected chi connectivity index (χ4v) is 3.59. The van der Waals surface area contributed by atoms with Crippen molar-refractivity contribution in [3.05, 3.63) is 62.8 Å². The molecule has 8 nitrogen and oxygen atoms in total. The number of piperidine rings is 1. The van der Waals surface area contributed by atoms with Crippen molar-refractivity contribution >= 4 is 29.7 Å². The maximum absolute atomic E-state index is 12.8. The molecule has 2 aromatic rings. The molecule has 0 atom stereocenters. The quantitative estimate of drug-likeness (QED) is 0.571. The van der Waals surface area contributed by atoms with Gasteiger partial charge < -0.3 is 15.5 Å². The molecule has 2 aliphatic rings. The molecule has 31 heavy (non-hydrogen) atoms. The summed E-state index contributed by atoms with van der Waals surface area (Å²) in [6.45, 7) is 4.84. The highest BCUT2D eigenvalue weighted by molar-refractivity contribution is 5.99. The first-order chi connectivity index (χ1) is 14.7. The number of nitrogens with zero attached hydrogens (tertiary/aromatic N) is 4. The Kier molecular flexibility index (Phi) is 5.25. The van der Waals surface area contributed by atoms with Crippen molar-refractivity contribution in [2.45, 2.75) is 25.1 Å². The molecule has 0 amide bonds. The number of aliphatic imine (C=N–C) groups is 1. The molecule has 1 saturated heterocycles. The van der Waals surface area contributed by atoms with Crippen molar-refractivity contribution in [1.82, 2.24) is 9.88 Å². The van der Waals surface area contributed by atoms with Crippen molar-refractivity contribution in [3.8, 4) is 0 Å². The minimum Gasteiger partial charge on any atom is -0.342 e. The minimum absolute atomic E-state index is 0.257. The third-order valence-corrected chi connectivity index (χ3v) is 5.27. The second kappa shape index (κ2) is 7.89. The average molecular weight is 432 g/mol. The molecule has 162 valence electrons. The molecule has 3 heterocycles. The van der Waals surface area contributed by atoms with Gasteiger partial charge in [-0.2, -0.15) is 18.2 Å². The van der Waals surface area contributed by atoms with E-state index in [2.05, 4.69) is 27.2 Å². The monoisotopic (exact) mass is 432 g/mol. The minimum atomic E-state index is -4.42. The molecule has 1 aromatic carbocycles. The van der Waals surface area contributed by atoms with E-state index in [1.165, 1.54) is 12.1 Å². The smallest absolute Gasteiger partial charge is 0.342 e. The van der Waals surface area contributed by atoms with E-state index in [0.717, 1.165) is 12.1 Å². The van der Waals surface area contributed by atoms with E-state index in [9.17, 15) is 23.3 Å². The maximum atomic E-state index is 12.8. The molecule has 1 aromatic heterocycles. The van der Waals surface area contributed by atoms with Crippen LogP contribution in [-0.4, -0.2) is 39.9 Å². The predicted octanol–water partition coefficient (Wildman–Crippen LogP) is 2.21. The van der Waals surface area contributed by atoms with Gasteiger partial charge in [-0.25, -0.2) is 0 Å². The summed E-state index contributed by atoms with van der Waals surface area (Å²) in [4.78, 5) is 21.5. The van der Waals surface area contributed by atoms with Gasteiger partial charge in [0.05, 0.1) is 21.8 Å². The Hall–Kier alpha value is -3.63. The van der Waals surface area contributed by atoms with Crippen LogP contribution >= 0.6 is 0 Å². The fourth-order valence-electron chi connectivity index (χ4n) is 3.59. The van der Waals surface area contributed by atoms with Gasteiger partial charge >= 0.3 is 6.18 Å². The molecule has 4 rings (SSSR count). The second-order valence-electron chi connectivity index (χ2n) is 7.29. The molecule has 0 saturated carbocycles. The third-order valence-electron chi connectivity index (χ3n) is 5.27. The van der Waals surface area contributed by atoms with E-state index in [0.29, 0.717) is 59.7 Å². The second-order valence-corrected chi connectivity index (χ2v) is 7.29. The number of hydrogen-bond acceptors (Lipinski definition) is 7. The number of alkyl halides is 3. The van der Waals surface area contributed by atoms with E-state index >= 15 is 0 Å². The van der Waals surface area contributed by atoms with E-state index in [1.54, 1.807) is 12.3 Å². The number of halogens is 3. The molecular weight excluding hydrogens is 413 g/mol. The van der Waals surface area contributed by atoms with Crippen LogP contribution in [0.5, 0.6) is 0 Å². The number of likely N-dealkylation sites (tertiary alicyclic amines) is 1. The van der Waals surface area contributed by atoms with Crippen LogP contribution in [0.1, 0.15) is 18.4 Å². The number of pyridine rings is 1. The summed E-state index contributed by atoms with van der Waals surface area (Å²) in [6, 6.07) is 5.81. The zero-order valence-corrected chi connectivity index (χ0v) is 16.3. The lowest BCUT2D eigenvalue weighted by atomic mass is 10.1. The van der Waals surface area contributed by atoms with Gasteiger partial charge in [0.1, 0.15) is 5.82 Å². The molecule has 2 aliphatic heterocycles. The average Bonchev–Trinajstić information content (AvgIpc) is 2.73. The van der Waals surface area contributed by atoms with E-state index in [4.69, 9.17) is 0 Å². The predicted molar refractivity (Wildman–Crippen MR) is 110 cm³/mol. The van der Waals surface area contributed by atoms with Crippen molar-refractivity contribution in [3.63, 3.8) is 0 Å². The Morgan fingerprint density at radius 1 is 1.19 bits per heavy atom. The fraction of sp³-hybridized carbons (Fsp3) is 0.300. The lowest BCUT2D eigenvalue weighted by molar-refractivity contribution is -0.526. The van der Waals surface area contributed by atoms with E-state index in [-0.39, 0.29) is 4.92 Å². The number of benzene rings is 1. The van der Waals surface area contributed by atoms with Crippen LogP contribution in [0.4, 0.5) is 24.5 Å². The van der Waals surface area contributed by atoms with E-state index in [1.807, 2.05) is 4.90 Å². The zero-order valence-electron chi connectivity index (χ0n) is 16.3. The van der Waals surface area contributed by atoms with Gasteiger partial charge in [0.25, 0.3) is 0 Å². The molecule has 0 radical (unpaired) electrons. The first kappa shape index (κ1) is 20.6.